The van der Waals surface area contributed by atoms with Gasteiger partial charge >= 0.3 is 12.2 Å². The summed E-state index contributed by atoms with van der Waals surface area (Å²) in [5.74, 6) is 0. The third kappa shape index (κ3) is 11.7. The van der Waals surface area contributed by atoms with Gasteiger partial charge in [0.1, 0.15) is 42.5 Å². The van der Waals surface area contributed by atoms with Crippen LogP contribution in [-0.2, 0) is 62.5 Å². The van der Waals surface area contributed by atoms with Crippen LogP contribution in [0.15, 0.2) is 91.0 Å². The van der Waals surface area contributed by atoms with Gasteiger partial charge in [-0.1, -0.05) is 91.0 Å². The Morgan fingerprint density at radius 1 is 0.836 bits per heavy atom. The maximum absolute atomic E-state index is 16.4. The highest BCUT2D eigenvalue weighted by Crippen LogP contribution is 2.39. The predicted molar refractivity (Wildman–Crippen MR) is 195 cm³/mol. The second-order valence-electron chi connectivity index (χ2n) is 14.9. The number of alkyl halides is 2. The van der Waals surface area contributed by atoms with Crippen molar-refractivity contribution in [3.63, 3.8) is 0 Å². The zero-order chi connectivity index (χ0) is 39.6. The number of hydrogen-bond donors (Lipinski definition) is 1. The number of aliphatic hydroxyl groups is 1. The summed E-state index contributed by atoms with van der Waals surface area (Å²) >= 11 is 0. The van der Waals surface area contributed by atoms with Gasteiger partial charge in [0.2, 0.25) is 0 Å². The highest BCUT2D eigenvalue weighted by atomic mass is 19.3. The van der Waals surface area contributed by atoms with E-state index < -0.39 is 73.0 Å². The maximum Gasteiger partial charge on any atom is 0.412 e. The molecule has 0 bridgehead atoms. The molecule has 5 rings (SSSR count). The van der Waals surface area contributed by atoms with Crippen LogP contribution in [0.2, 0.25) is 0 Å². The minimum atomic E-state index is -4.33. The zero-order valence-electron chi connectivity index (χ0n) is 32.2. The lowest BCUT2D eigenvalue weighted by Crippen LogP contribution is -2.64. The Kier molecular flexibility index (Phi) is 14.7. The number of ether oxygens (including phenoxy) is 9. The molecule has 1 N–H and O–H groups in total. The molecule has 2 aliphatic rings. The zero-order valence-corrected chi connectivity index (χ0v) is 32.2. The molecule has 2 saturated heterocycles. The van der Waals surface area contributed by atoms with Gasteiger partial charge in [-0.3, -0.25) is 9.64 Å². The van der Waals surface area contributed by atoms with E-state index in [0.717, 1.165) is 21.6 Å². The molecule has 7 atom stereocenters. The van der Waals surface area contributed by atoms with Gasteiger partial charge in [-0.25, -0.2) is 4.79 Å². The molecule has 1 unspecified atom stereocenters. The molecule has 2 aliphatic heterocycles. The molecule has 0 saturated carbocycles. The number of nitrogens with zero attached hydrogens (tertiary/aromatic N) is 1. The van der Waals surface area contributed by atoms with Crippen molar-refractivity contribution in [3.8, 4) is 0 Å². The number of halogens is 2. The molecule has 55 heavy (non-hydrogen) atoms. The van der Waals surface area contributed by atoms with Gasteiger partial charge in [0.25, 0.3) is 0 Å². The van der Waals surface area contributed by atoms with Crippen molar-refractivity contribution in [2.75, 3.05) is 27.1 Å². The van der Waals surface area contributed by atoms with Crippen molar-refractivity contribution in [2.45, 2.75) is 115 Å². The summed E-state index contributed by atoms with van der Waals surface area (Å²) in [5.41, 5.74) is 0.222. The van der Waals surface area contributed by atoms with Gasteiger partial charge in [-0.2, -0.15) is 8.78 Å². The molecule has 0 spiro atoms. The normalized spacial score (nSPS) is 24.8. The molecule has 12 nitrogen and oxygen atoms in total. The summed E-state index contributed by atoms with van der Waals surface area (Å²) in [6, 6.07) is 26.6. The molecule has 2 heterocycles. The number of methoxy groups -OCH3 is 1. The molecular weight excluding hydrogens is 720 g/mol. The number of rotatable bonds is 17. The Morgan fingerprint density at radius 2 is 1.36 bits per heavy atom. The van der Waals surface area contributed by atoms with Gasteiger partial charge in [-0.05, 0) is 51.3 Å². The lowest BCUT2D eigenvalue weighted by atomic mass is 9.97. The molecule has 2 fully saturated rings. The molecule has 3 aromatic rings. The van der Waals surface area contributed by atoms with E-state index in [9.17, 15) is 9.90 Å². The summed E-state index contributed by atoms with van der Waals surface area (Å²) in [4.78, 5) is 14.2. The fraction of sp³-hybridized carbons (Fsp3) is 0.537. The van der Waals surface area contributed by atoms with Crippen molar-refractivity contribution < 1.29 is 61.3 Å². The van der Waals surface area contributed by atoms with E-state index in [2.05, 4.69) is 0 Å². The SMILES string of the molecule is COCO[C@H]1[C@@H](OC(F)(F)C(O)[C@@H]2COC(C)(C)N2C(=O)OC(C)(C)C)O[C@H](COCc2ccccc2)[C@H](OCc2ccccc2)[C@@H]1OCc1ccccc1. The van der Waals surface area contributed by atoms with Crippen molar-refractivity contribution in [1.82, 2.24) is 4.90 Å². The van der Waals surface area contributed by atoms with Crippen LogP contribution in [0.1, 0.15) is 51.3 Å². The summed E-state index contributed by atoms with van der Waals surface area (Å²) in [7, 11) is 1.38. The maximum atomic E-state index is 16.4. The van der Waals surface area contributed by atoms with Crippen LogP contribution in [0.25, 0.3) is 0 Å². The van der Waals surface area contributed by atoms with Crippen LogP contribution >= 0.6 is 0 Å². The molecule has 0 aliphatic carbocycles. The van der Waals surface area contributed by atoms with E-state index in [4.69, 9.17) is 42.6 Å². The number of benzene rings is 3. The second kappa shape index (κ2) is 19.0. The van der Waals surface area contributed by atoms with Crippen LogP contribution in [0.5, 0.6) is 0 Å². The van der Waals surface area contributed by atoms with Crippen LogP contribution in [0.4, 0.5) is 13.6 Å². The smallest absolute Gasteiger partial charge is 0.412 e. The largest absolute Gasteiger partial charge is 0.444 e. The van der Waals surface area contributed by atoms with Crippen LogP contribution in [0, 0.1) is 0 Å². The van der Waals surface area contributed by atoms with Gasteiger partial charge < -0.3 is 43.0 Å². The van der Waals surface area contributed by atoms with Crippen molar-refractivity contribution in [1.29, 1.82) is 0 Å². The summed E-state index contributed by atoms with van der Waals surface area (Å²) in [5, 5.41) is 11.3. The topological polar surface area (TPSA) is 124 Å². The summed E-state index contributed by atoms with van der Waals surface area (Å²) in [6.45, 7) is 7.49. The quantitative estimate of drug-likeness (QED) is 0.153. The number of hydrogen-bond acceptors (Lipinski definition) is 11. The molecule has 3 aromatic carbocycles. The lowest BCUT2D eigenvalue weighted by Gasteiger charge is -2.46. The Bertz CT molecular complexity index is 1600. The number of carbonyl (C=O) groups excluding carboxylic acids is 1. The van der Waals surface area contributed by atoms with E-state index in [1.54, 1.807) is 20.8 Å². The third-order valence-electron chi connectivity index (χ3n) is 9.03. The molecule has 14 heteroatoms. The summed E-state index contributed by atoms with van der Waals surface area (Å²) < 4.78 is 86.1. The number of amides is 1. The van der Waals surface area contributed by atoms with Gasteiger partial charge in [0.15, 0.2) is 12.4 Å². The number of carbonyl (C=O) groups is 1. The first-order valence-corrected chi connectivity index (χ1v) is 18.3. The van der Waals surface area contributed by atoms with Gasteiger partial charge in [0, 0.05) is 7.11 Å². The molecule has 0 aromatic heterocycles. The van der Waals surface area contributed by atoms with Crippen LogP contribution in [-0.4, -0.2) is 104 Å². The highest BCUT2D eigenvalue weighted by Gasteiger charge is 2.59. The average molecular weight is 774 g/mol. The predicted octanol–water partition coefficient (Wildman–Crippen LogP) is 6.43. The summed E-state index contributed by atoms with van der Waals surface area (Å²) in [6.07, 6.45) is -14.1. The van der Waals surface area contributed by atoms with Crippen LogP contribution < -0.4 is 0 Å². The van der Waals surface area contributed by atoms with E-state index >= 15 is 8.78 Å². The first-order valence-electron chi connectivity index (χ1n) is 18.3. The van der Waals surface area contributed by atoms with Gasteiger partial charge in [-0.15, -0.1) is 0 Å². The molecular formula is C41H53F2NO11. The fourth-order valence-electron chi connectivity index (χ4n) is 6.40. The first-order chi connectivity index (χ1) is 26.2. The Hall–Kier alpha value is -3.57. The van der Waals surface area contributed by atoms with Crippen molar-refractivity contribution in [3.05, 3.63) is 108 Å². The Balaban J connectivity index is 1.46. The molecule has 0 radical (unpaired) electrons. The van der Waals surface area contributed by atoms with Crippen LogP contribution in [0.3, 0.4) is 0 Å². The Labute approximate surface area is 321 Å². The fourth-order valence-corrected chi connectivity index (χ4v) is 6.40. The highest BCUT2D eigenvalue weighted by molar-refractivity contribution is 5.70. The molecule has 302 valence electrons. The van der Waals surface area contributed by atoms with E-state index in [0.29, 0.717) is 0 Å². The van der Waals surface area contributed by atoms with Crippen molar-refractivity contribution >= 4 is 6.09 Å². The average Bonchev–Trinajstić information content (AvgIpc) is 3.47. The van der Waals surface area contributed by atoms with Crippen molar-refractivity contribution in [2.24, 2.45) is 0 Å². The minimum Gasteiger partial charge on any atom is -0.444 e. The first kappa shape index (κ1) is 42.6. The van der Waals surface area contributed by atoms with E-state index in [1.807, 2.05) is 91.0 Å². The van der Waals surface area contributed by atoms with E-state index in [1.165, 1.54) is 21.0 Å². The Morgan fingerprint density at radius 3 is 1.89 bits per heavy atom. The molecule has 1 amide bonds. The number of aliphatic hydroxyl groups excluding tert-OH is 1. The third-order valence-corrected chi connectivity index (χ3v) is 9.03. The van der Waals surface area contributed by atoms with E-state index in [-0.39, 0.29) is 33.2 Å². The monoisotopic (exact) mass is 773 g/mol. The van der Waals surface area contributed by atoms with Gasteiger partial charge in [0.05, 0.1) is 39.1 Å². The second-order valence-corrected chi connectivity index (χ2v) is 14.9. The lowest BCUT2D eigenvalue weighted by molar-refractivity contribution is -0.408. The standard InChI is InChI=1S/C41H53F2NO11/c1-39(2,3)55-38(46)44-31(25-52-40(44,4)5)36(45)41(42,43)54-37-35(51-27-47-6)34(50-24-30-20-14-9-15-21-30)33(49-23-29-18-12-8-13-19-29)32(53-37)26-48-22-28-16-10-7-11-17-28/h7-21,31-37,45H,22-27H2,1-6H3/t31-,32+,33-,34-,35+,36?,37+/m0/s1. The minimum absolute atomic E-state index is 0.0617.